The third-order valence-corrected chi connectivity index (χ3v) is 4.80. The summed E-state index contributed by atoms with van der Waals surface area (Å²) < 4.78 is 1.18. The van der Waals surface area contributed by atoms with Crippen LogP contribution in [0.2, 0.25) is 0 Å². The Balaban J connectivity index is 2.77. The van der Waals surface area contributed by atoms with E-state index < -0.39 is 0 Å². The van der Waals surface area contributed by atoms with Gasteiger partial charge < -0.3 is 0 Å². The summed E-state index contributed by atoms with van der Waals surface area (Å²) in [5.41, 5.74) is 1.01. The first-order valence-corrected chi connectivity index (χ1v) is 7.78. The van der Waals surface area contributed by atoms with Crippen LogP contribution in [-0.2, 0) is 4.79 Å². The SMILES string of the molecule is CCSC(=O)C(CC(C)C)=C1SC=CS1. The lowest BCUT2D eigenvalue weighted by molar-refractivity contribution is -0.108. The van der Waals surface area contributed by atoms with Crippen molar-refractivity contribution in [3.8, 4) is 0 Å². The van der Waals surface area contributed by atoms with Crippen LogP contribution in [0, 0.1) is 5.92 Å². The van der Waals surface area contributed by atoms with Gasteiger partial charge in [0.25, 0.3) is 0 Å². The Labute approximate surface area is 105 Å². The van der Waals surface area contributed by atoms with Gasteiger partial charge in [-0.25, -0.2) is 0 Å². The molecule has 0 fully saturated rings. The van der Waals surface area contributed by atoms with Gasteiger partial charge in [0.1, 0.15) is 0 Å². The number of hydrogen-bond acceptors (Lipinski definition) is 4. The van der Waals surface area contributed by atoms with Crippen molar-refractivity contribution in [2.45, 2.75) is 27.2 Å². The Kier molecular flexibility index (Phi) is 5.94. The molecule has 1 aliphatic heterocycles. The lowest BCUT2D eigenvalue weighted by Gasteiger charge is -2.10. The van der Waals surface area contributed by atoms with E-state index in [4.69, 9.17) is 0 Å². The van der Waals surface area contributed by atoms with Crippen molar-refractivity contribution >= 4 is 40.4 Å². The first-order chi connectivity index (χ1) is 7.15. The number of carbonyl (C=O) groups excluding carboxylic acids is 1. The molecule has 0 radical (unpaired) electrons. The van der Waals surface area contributed by atoms with Crippen LogP contribution in [0.4, 0.5) is 0 Å². The molecule has 0 N–H and O–H groups in total. The van der Waals surface area contributed by atoms with E-state index in [0.717, 1.165) is 17.7 Å². The molecule has 84 valence electrons. The van der Waals surface area contributed by atoms with Crippen LogP contribution in [-0.4, -0.2) is 10.9 Å². The molecule has 0 atom stereocenters. The molecule has 0 saturated heterocycles. The average molecular weight is 260 g/mol. The molecule has 0 aliphatic carbocycles. The van der Waals surface area contributed by atoms with Crippen LogP contribution in [0.15, 0.2) is 20.6 Å². The smallest absolute Gasteiger partial charge is 0.217 e. The first-order valence-electron chi connectivity index (χ1n) is 5.03. The maximum Gasteiger partial charge on any atom is 0.217 e. The second kappa shape index (κ2) is 6.71. The highest BCUT2D eigenvalue weighted by Gasteiger charge is 2.18. The van der Waals surface area contributed by atoms with Crippen LogP contribution in [0.3, 0.4) is 0 Å². The largest absolute Gasteiger partial charge is 0.282 e. The van der Waals surface area contributed by atoms with Gasteiger partial charge in [0, 0.05) is 5.57 Å². The topological polar surface area (TPSA) is 17.1 Å². The highest BCUT2D eigenvalue weighted by atomic mass is 32.2. The third kappa shape index (κ3) is 4.29. The van der Waals surface area contributed by atoms with E-state index >= 15 is 0 Å². The van der Waals surface area contributed by atoms with Gasteiger partial charge in [0.2, 0.25) is 5.12 Å². The van der Waals surface area contributed by atoms with Crippen LogP contribution in [0.5, 0.6) is 0 Å². The maximum absolute atomic E-state index is 11.9. The van der Waals surface area contributed by atoms with Crippen molar-refractivity contribution in [2.24, 2.45) is 5.92 Å². The van der Waals surface area contributed by atoms with Crippen LogP contribution in [0.25, 0.3) is 0 Å². The fourth-order valence-electron chi connectivity index (χ4n) is 1.23. The molecule has 1 heterocycles. The quantitative estimate of drug-likeness (QED) is 0.693. The maximum atomic E-state index is 11.9. The Hall–Kier alpha value is 0.200. The van der Waals surface area contributed by atoms with Crippen molar-refractivity contribution in [3.63, 3.8) is 0 Å². The van der Waals surface area contributed by atoms with Crippen molar-refractivity contribution in [2.75, 3.05) is 5.75 Å². The third-order valence-electron chi connectivity index (χ3n) is 1.79. The second-order valence-electron chi connectivity index (χ2n) is 3.59. The summed E-state index contributed by atoms with van der Waals surface area (Å²) in [6.07, 6.45) is 0.892. The van der Waals surface area contributed by atoms with Crippen molar-refractivity contribution in [1.29, 1.82) is 0 Å². The Morgan fingerprint density at radius 2 is 2.00 bits per heavy atom. The predicted molar refractivity (Wildman–Crippen MR) is 73.9 cm³/mol. The molecular formula is C11H16OS3. The Bertz CT molecular complexity index is 282. The summed E-state index contributed by atoms with van der Waals surface area (Å²) in [4.78, 5) is 11.9. The van der Waals surface area contributed by atoms with E-state index in [1.807, 2.05) is 17.7 Å². The molecule has 0 spiro atoms. The van der Waals surface area contributed by atoms with Gasteiger partial charge in [-0.3, -0.25) is 4.79 Å². The van der Waals surface area contributed by atoms with E-state index in [0.29, 0.717) is 5.92 Å². The average Bonchev–Trinajstić information content (AvgIpc) is 2.66. The van der Waals surface area contributed by atoms with Crippen molar-refractivity contribution < 1.29 is 4.79 Å². The van der Waals surface area contributed by atoms with Crippen LogP contribution in [0.1, 0.15) is 27.2 Å². The van der Waals surface area contributed by atoms with Crippen molar-refractivity contribution in [3.05, 3.63) is 20.6 Å². The van der Waals surface area contributed by atoms with Gasteiger partial charge in [-0.05, 0) is 28.9 Å². The van der Waals surface area contributed by atoms with Gasteiger partial charge in [-0.1, -0.05) is 56.1 Å². The van der Waals surface area contributed by atoms with Crippen LogP contribution >= 0.6 is 35.3 Å². The summed E-state index contributed by atoms with van der Waals surface area (Å²) in [6, 6.07) is 0. The molecule has 0 aromatic rings. The van der Waals surface area contributed by atoms with Gasteiger partial charge in [-0.15, -0.1) is 0 Å². The Morgan fingerprint density at radius 3 is 2.47 bits per heavy atom. The molecule has 15 heavy (non-hydrogen) atoms. The van der Waals surface area contributed by atoms with E-state index in [1.165, 1.54) is 16.0 Å². The second-order valence-corrected chi connectivity index (χ2v) is 6.92. The van der Waals surface area contributed by atoms with E-state index in [-0.39, 0.29) is 5.12 Å². The summed E-state index contributed by atoms with van der Waals surface area (Å²) in [5.74, 6) is 1.40. The molecule has 4 heteroatoms. The molecule has 0 saturated carbocycles. The molecule has 1 nitrogen and oxygen atoms in total. The minimum absolute atomic E-state index is 0.255. The normalized spacial score (nSPS) is 15.1. The number of hydrogen-bond donors (Lipinski definition) is 0. The lowest BCUT2D eigenvalue weighted by Crippen LogP contribution is -2.03. The fourth-order valence-corrected chi connectivity index (χ4v) is 3.86. The summed E-state index contributed by atoms with van der Waals surface area (Å²) in [5, 5.41) is 4.35. The zero-order valence-corrected chi connectivity index (χ0v) is 11.7. The molecule has 0 aromatic heterocycles. The zero-order valence-electron chi connectivity index (χ0n) is 9.28. The minimum atomic E-state index is 0.255. The monoisotopic (exact) mass is 260 g/mol. The van der Waals surface area contributed by atoms with E-state index in [2.05, 4.69) is 13.8 Å². The van der Waals surface area contributed by atoms with Crippen LogP contribution < -0.4 is 0 Å². The predicted octanol–water partition coefficient (Wildman–Crippen LogP) is 4.48. The van der Waals surface area contributed by atoms with Gasteiger partial charge in [0.05, 0.1) is 4.24 Å². The molecule has 1 aliphatic rings. The Morgan fingerprint density at radius 1 is 1.40 bits per heavy atom. The van der Waals surface area contributed by atoms with E-state index in [1.54, 1.807) is 23.5 Å². The zero-order chi connectivity index (χ0) is 11.3. The molecule has 0 bridgehead atoms. The first kappa shape index (κ1) is 13.3. The minimum Gasteiger partial charge on any atom is -0.282 e. The molecule has 0 unspecified atom stereocenters. The number of thioether (sulfide) groups is 3. The van der Waals surface area contributed by atoms with Crippen molar-refractivity contribution in [1.82, 2.24) is 0 Å². The molecule has 0 aromatic carbocycles. The fraction of sp³-hybridized carbons (Fsp3) is 0.545. The summed E-state index contributed by atoms with van der Waals surface area (Å²) >= 11 is 4.77. The molecule has 1 rings (SSSR count). The lowest BCUT2D eigenvalue weighted by atomic mass is 10.1. The number of carbonyl (C=O) groups is 1. The highest BCUT2D eigenvalue weighted by molar-refractivity contribution is 8.27. The van der Waals surface area contributed by atoms with E-state index in [9.17, 15) is 4.79 Å². The molecular weight excluding hydrogens is 244 g/mol. The highest BCUT2D eigenvalue weighted by Crippen LogP contribution is 2.42. The van der Waals surface area contributed by atoms with Gasteiger partial charge in [-0.2, -0.15) is 0 Å². The van der Waals surface area contributed by atoms with Gasteiger partial charge >= 0.3 is 0 Å². The standard InChI is InChI=1S/C11H16OS3/c1-4-13-10(12)9(7-8(2)3)11-14-5-6-15-11/h5-6,8H,4,7H2,1-3H3. The number of rotatable bonds is 4. The summed E-state index contributed by atoms with van der Waals surface area (Å²) in [6.45, 7) is 6.33. The van der Waals surface area contributed by atoms with Gasteiger partial charge in [0.15, 0.2) is 0 Å². The molecule has 0 amide bonds. The summed E-state index contributed by atoms with van der Waals surface area (Å²) in [7, 11) is 0.